The van der Waals surface area contributed by atoms with Crippen LogP contribution in [0.5, 0.6) is 0 Å². The highest BCUT2D eigenvalue weighted by Crippen LogP contribution is 2.23. The van der Waals surface area contributed by atoms with Crippen LogP contribution in [0.1, 0.15) is 5.89 Å². The van der Waals surface area contributed by atoms with Crippen molar-refractivity contribution in [1.82, 2.24) is 4.98 Å². The second kappa shape index (κ2) is 6.22. The van der Waals surface area contributed by atoms with Gasteiger partial charge >= 0.3 is 0 Å². The van der Waals surface area contributed by atoms with Gasteiger partial charge < -0.3 is 9.73 Å². The van der Waals surface area contributed by atoms with E-state index in [1.165, 1.54) is 0 Å². The van der Waals surface area contributed by atoms with Crippen LogP contribution >= 0.6 is 27.5 Å². The number of benzene rings is 2. The quantitative estimate of drug-likeness (QED) is 0.638. The van der Waals surface area contributed by atoms with Crippen LogP contribution in [0.3, 0.4) is 0 Å². The Balaban J connectivity index is 1.90. The molecule has 0 spiro atoms. The van der Waals surface area contributed by atoms with E-state index >= 15 is 0 Å². The summed E-state index contributed by atoms with van der Waals surface area (Å²) < 4.78 is 6.56. The molecule has 4 nitrogen and oxygen atoms in total. The van der Waals surface area contributed by atoms with Crippen molar-refractivity contribution < 1.29 is 4.42 Å². The van der Waals surface area contributed by atoms with Gasteiger partial charge in [-0.05, 0) is 42.5 Å². The summed E-state index contributed by atoms with van der Waals surface area (Å²) in [6.45, 7) is 0. The van der Waals surface area contributed by atoms with Gasteiger partial charge in [0.15, 0.2) is 5.58 Å². The average molecular weight is 375 g/mol. The lowest BCUT2D eigenvalue weighted by Gasteiger charge is -2.00. The summed E-state index contributed by atoms with van der Waals surface area (Å²) >= 11 is 9.29. The molecule has 6 heteroatoms. The van der Waals surface area contributed by atoms with Crippen LogP contribution in [0.2, 0.25) is 5.02 Å². The molecular weight excluding hydrogens is 366 g/mol. The molecule has 0 radical (unpaired) electrons. The fourth-order valence-electron chi connectivity index (χ4n) is 1.86. The summed E-state index contributed by atoms with van der Waals surface area (Å²) in [5.41, 5.74) is 2.36. The smallest absolute Gasteiger partial charge is 0.239 e. The molecule has 108 valence electrons. The molecule has 0 amide bonds. The normalized spacial score (nSPS) is 11.4. The summed E-state index contributed by atoms with van der Waals surface area (Å²) in [6.07, 6.45) is 1.57. The second-order valence-corrected chi connectivity index (χ2v) is 5.80. The lowest BCUT2D eigenvalue weighted by atomic mass is 10.3. The van der Waals surface area contributed by atoms with Crippen LogP contribution in [0.4, 0.5) is 5.69 Å². The zero-order valence-corrected chi connectivity index (χ0v) is 13.5. The Hall–Kier alpha value is -2.29. The van der Waals surface area contributed by atoms with Crippen LogP contribution in [0.25, 0.3) is 16.7 Å². The molecule has 0 aliphatic rings. The Morgan fingerprint density at radius 3 is 2.77 bits per heavy atom. The number of fused-ring (bicyclic) bond motifs is 1. The highest BCUT2D eigenvalue weighted by Gasteiger charge is 2.10. The minimum absolute atomic E-state index is 0.254. The van der Waals surface area contributed by atoms with E-state index in [2.05, 4.69) is 32.3 Å². The SMILES string of the molecule is N#C/C(=C\Nc1ccc(Br)cc1)c1nc2cc(Cl)ccc2o1. The highest BCUT2D eigenvalue weighted by molar-refractivity contribution is 9.10. The number of nitrogens with one attached hydrogen (secondary N) is 1. The number of halogens is 2. The van der Waals surface area contributed by atoms with Crippen LogP contribution in [0.15, 0.2) is 57.6 Å². The van der Waals surface area contributed by atoms with Gasteiger partial charge in [0.25, 0.3) is 0 Å². The van der Waals surface area contributed by atoms with Gasteiger partial charge in [-0.15, -0.1) is 0 Å². The fraction of sp³-hybridized carbons (Fsp3) is 0. The highest BCUT2D eigenvalue weighted by atomic mass is 79.9. The molecule has 0 aliphatic carbocycles. The van der Waals surface area contributed by atoms with Gasteiger partial charge in [0, 0.05) is 21.4 Å². The van der Waals surface area contributed by atoms with Crippen molar-refractivity contribution >= 4 is 49.9 Å². The number of nitriles is 1. The predicted molar refractivity (Wildman–Crippen MR) is 90.4 cm³/mol. The number of hydrogen-bond donors (Lipinski definition) is 1. The lowest BCUT2D eigenvalue weighted by Crippen LogP contribution is -1.91. The molecule has 3 rings (SSSR count). The number of oxazole rings is 1. The van der Waals surface area contributed by atoms with E-state index in [1.54, 1.807) is 24.4 Å². The summed E-state index contributed by atoms with van der Waals surface area (Å²) in [5.74, 6) is 0.254. The van der Waals surface area contributed by atoms with Gasteiger partial charge in [0.1, 0.15) is 17.2 Å². The predicted octanol–water partition coefficient (Wildman–Crippen LogP) is 5.22. The Kier molecular flexibility index (Phi) is 4.14. The average Bonchev–Trinajstić information content (AvgIpc) is 2.92. The van der Waals surface area contributed by atoms with Crippen molar-refractivity contribution in [3.63, 3.8) is 0 Å². The van der Waals surface area contributed by atoms with E-state index in [0.717, 1.165) is 10.2 Å². The molecule has 2 aromatic carbocycles. The van der Waals surface area contributed by atoms with Crippen molar-refractivity contribution in [1.29, 1.82) is 5.26 Å². The number of rotatable bonds is 3. The summed E-state index contributed by atoms with van der Waals surface area (Å²) in [4.78, 5) is 4.28. The molecule has 1 heterocycles. The molecule has 0 unspecified atom stereocenters. The summed E-state index contributed by atoms with van der Waals surface area (Å²) in [7, 11) is 0. The third-order valence-electron chi connectivity index (χ3n) is 2.93. The van der Waals surface area contributed by atoms with Gasteiger partial charge in [0.05, 0.1) is 0 Å². The monoisotopic (exact) mass is 373 g/mol. The molecule has 3 aromatic rings. The number of anilines is 1. The number of hydrogen-bond acceptors (Lipinski definition) is 4. The zero-order chi connectivity index (χ0) is 15.5. The van der Waals surface area contributed by atoms with Gasteiger partial charge in [-0.1, -0.05) is 27.5 Å². The molecular formula is C16H9BrClN3O. The maximum atomic E-state index is 9.29. The molecule has 1 aromatic heterocycles. The van der Waals surface area contributed by atoms with Gasteiger partial charge in [-0.2, -0.15) is 5.26 Å². The fourth-order valence-corrected chi connectivity index (χ4v) is 2.29. The van der Waals surface area contributed by atoms with Crippen molar-refractivity contribution in [2.45, 2.75) is 0 Å². The Bertz CT molecular complexity index is 894. The van der Waals surface area contributed by atoms with E-state index < -0.39 is 0 Å². The largest absolute Gasteiger partial charge is 0.435 e. The van der Waals surface area contributed by atoms with E-state index in [9.17, 15) is 5.26 Å². The Labute approximate surface area is 140 Å². The molecule has 1 N–H and O–H groups in total. The number of nitrogens with zero attached hydrogens (tertiary/aromatic N) is 2. The van der Waals surface area contributed by atoms with E-state index in [-0.39, 0.29) is 5.89 Å². The first-order valence-electron chi connectivity index (χ1n) is 6.34. The van der Waals surface area contributed by atoms with Crippen LogP contribution in [-0.2, 0) is 0 Å². The van der Waals surface area contributed by atoms with Crippen molar-refractivity contribution in [2.75, 3.05) is 5.32 Å². The van der Waals surface area contributed by atoms with Crippen LogP contribution in [-0.4, -0.2) is 4.98 Å². The summed E-state index contributed by atoms with van der Waals surface area (Å²) in [5, 5.41) is 12.9. The molecule has 0 atom stereocenters. The lowest BCUT2D eigenvalue weighted by molar-refractivity contribution is 0.586. The van der Waals surface area contributed by atoms with E-state index in [4.69, 9.17) is 16.0 Å². The molecule has 0 saturated heterocycles. The zero-order valence-electron chi connectivity index (χ0n) is 11.2. The van der Waals surface area contributed by atoms with Gasteiger partial charge in [-0.3, -0.25) is 0 Å². The molecule has 22 heavy (non-hydrogen) atoms. The van der Waals surface area contributed by atoms with Crippen molar-refractivity contribution in [3.05, 3.63) is 64.1 Å². The minimum atomic E-state index is 0.254. The van der Waals surface area contributed by atoms with Crippen molar-refractivity contribution in [2.24, 2.45) is 0 Å². The number of aromatic nitrogens is 1. The minimum Gasteiger partial charge on any atom is -0.435 e. The van der Waals surface area contributed by atoms with E-state index in [0.29, 0.717) is 21.7 Å². The third kappa shape index (κ3) is 3.14. The second-order valence-electron chi connectivity index (χ2n) is 4.45. The van der Waals surface area contributed by atoms with Crippen molar-refractivity contribution in [3.8, 4) is 6.07 Å². The Morgan fingerprint density at radius 1 is 1.27 bits per heavy atom. The number of allylic oxidation sites excluding steroid dienone is 1. The topological polar surface area (TPSA) is 61.9 Å². The first-order valence-corrected chi connectivity index (χ1v) is 7.51. The standard InChI is InChI=1S/C16H9BrClN3O/c17-11-1-4-13(5-2-11)20-9-10(8-19)16-21-14-7-12(18)3-6-15(14)22-16/h1-7,9,20H/b10-9+. The molecule has 0 aliphatic heterocycles. The first-order chi connectivity index (χ1) is 10.7. The molecule has 0 fully saturated rings. The third-order valence-corrected chi connectivity index (χ3v) is 3.69. The summed E-state index contributed by atoms with van der Waals surface area (Å²) in [6, 6.07) is 14.8. The molecule has 0 saturated carbocycles. The maximum absolute atomic E-state index is 9.29. The van der Waals surface area contributed by atoms with Gasteiger partial charge in [-0.25, -0.2) is 4.98 Å². The van der Waals surface area contributed by atoms with Gasteiger partial charge in [0.2, 0.25) is 5.89 Å². The van der Waals surface area contributed by atoms with Crippen LogP contribution < -0.4 is 5.32 Å². The molecule has 0 bridgehead atoms. The van der Waals surface area contributed by atoms with Crippen LogP contribution in [0, 0.1) is 11.3 Å². The first kappa shape index (κ1) is 14.6. The van der Waals surface area contributed by atoms with E-state index in [1.807, 2.05) is 24.3 Å². The maximum Gasteiger partial charge on any atom is 0.239 e. The Morgan fingerprint density at radius 2 is 2.05 bits per heavy atom.